The highest BCUT2D eigenvalue weighted by Crippen LogP contribution is 2.25. The summed E-state index contributed by atoms with van der Waals surface area (Å²) in [6, 6.07) is 11.4. The molecule has 0 spiro atoms. The molecule has 0 aliphatic carbocycles. The number of halogens is 1. The molecule has 122 valence electrons. The number of carbonyl (C=O) groups excluding carboxylic acids is 2. The van der Waals surface area contributed by atoms with E-state index in [0.29, 0.717) is 13.0 Å². The summed E-state index contributed by atoms with van der Waals surface area (Å²) < 4.78 is 7.77. The molecule has 1 aromatic heterocycles. The first-order valence-electron chi connectivity index (χ1n) is 7.31. The van der Waals surface area contributed by atoms with Gasteiger partial charge in [-0.1, -0.05) is 28.1 Å². The number of carboxylic acids is 1. The van der Waals surface area contributed by atoms with Crippen LogP contribution >= 0.6 is 15.9 Å². The number of aryl methyl sites for hydroxylation is 1. The standard InChI is InChI=1S/C17H18BrNO4/c1-2-23-17(22)11-19-14(8-10-16(20)21)7-9-15(19)12-3-5-13(18)6-4-12/h3-7,9H,2,8,10-11H2,1H3,(H,20,21)/p-1. The van der Waals surface area contributed by atoms with Crippen molar-refractivity contribution in [3.05, 3.63) is 46.6 Å². The molecule has 0 amide bonds. The summed E-state index contributed by atoms with van der Waals surface area (Å²) in [5.41, 5.74) is 2.55. The van der Waals surface area contributed by atoms with Crippen LogP contribution in [0.5, 0.6) is 0 Å². The first-order chi connectivity index (χ1) is 11.0. The van der Waals surface area contributed by atoms with Crippen LogP contribution in [0.25, 0.3) is 11.3 Å². The Kier molecular flexibility index (Phi) is 5.98. The quantitative estimate of drug-likeness (QED) is 0.692. The van der Waals surface area contributed by atoms with Crippen LogP contribution in [-0.2, 0) is 27.3 Å². The van der Waals surface area contributed by atoms with Gasteiger partial charge in [0.25, 0.3) is 0 Å². The maximum atomic E-state index is 11.9. The van der Waals surface area contributed by atoms with Gasteiger partial charge in [-0.05, 0) is 49.6 Å². The molecule has 0 aliphatic rings. The van der Waals surface area contributed by atoms with Crippen molar-refractivity contribution < 1.29 is 19.4 Å². The molecule has 0 N–H and O–H groups in total. The molecule has 0 radical (unpaired) electrons. The molecule has 1 aromatic carbocycles. The van der Waals surface area contributed by atoms with E-state index in [1.165, 1.54) is 0 Å². The molecule has 0 atom stereocenters. The number of esters is 1. The Bertz CT molecular complexity index is 691. The number of benzene rings is 1. The Hall–Kier alpha value is -2.08. The van der Waals surface area contributed by atoms with E-state index in [-0.39, 0.29) is 18.9 Å². The molecule has 0 aliphatic heterocycles. The number of aromatic nitrogens is 1. The molecular formula is C17H17BrNO4-. The second-order valence-electron chi connectivity index (χ2n) is 4.98. The number of aliphatic carboxylic acids is 1. The van der Waals surface area contributed by atoms with Gasteiger partial charge >= 0.3 is 5.97 Å². The van der Waals surface area contributed by atoms with Gasteiger partial charge in [0, 0.05) is 21.8 Å². The Morgan fingerprint density at radius 2 is 1.87 bits per heavy atom. The Morgan fingerprint density at radius 3 is 2.48 bits per heavy atom. The van der Waals surface area contributed by atoms with Crippen molar-refractivity contribution >= 4 is 27.9 Å². The van der Waals surface area contributed by atoms with E-state index in [9.17, 15) is 14.7 Å². The van der Waals surface area contributed by atoms with Crippen LogP contribution in [0, 0.1) is 0 Å². The van der Waals surface area contributed by atoms with E-state index < -0.39 is 5.97 Å². The second kappa shape index (κ2) is 7.97. The van der Waals surface area contributed by atoms with E-state index in [1.807, 2.05) is 36.4 Å². The number of hydrogen-bond donors (Lipinski definition) is 0. The van der Waals surface area contributed by atoms with Gasteiger partial charge in [0.1, 0.15) is 6.54 Å². The van der Waals surface area contributed by atoms with Crippen molar-refractivity contribution in [2.75, 3.05) is 6.61 Å². The molecular weight excluding hydrogens is 362 g/mol. The summed E-state index contributed by atoms with van der Waals surface area (Å²) in [5, 5.41) is 10.7. The number of carbonyl (C=O) groups is 2. The Balaban J connectivity index is 2.34. The monoisotopic (exact) mass is 378 g/mol. The number of nitrogens with zero attached hydrogens (tertiary/aromatic N) is 1. The molecule has 0 fully saturated rings. The molecule has 5 nitrogen and oxygen atoms in total. The van der Waals surface area contributed by atoms with E-state index in [1.54, 1.807) is 11.5 Å². The average molecular weight is 379 g/mol. The van der Waals surface area contributed by atoms with Gasteiger partial charge in [0.05, 0.1) is 6.61 Å². The summed E-state index contributed by atoms with van der Waals surface area (Å²) >= 11 is 3.39. The highest BCUT2D eigenvalue weighted by Gasteiger charge is 2.14. The normalized spacial score (nSPS) is 10.5. The molecule has 2 aromatic rings. The predicted molar refractivity (Wildman–Crippen MR) is 87.5 cm³/mol. The van der Waals surface area contributed by atoms with Gasteiger partial charge in [0.2, 0.25) is 0 Å². The minimum absolute atomic E-state index is 0.0502. The van der Waals surface area contributed by atoms with Crippen molar-refractivity contribution in [2.45, 2.75) is 26.3 Å². The van der Waals surface area contributed by atoms with Crippen LogP contribution in [0.1, 0.15) is 19.0 Å². The third-order valence-electron chi connectivity index (χ3n) is 3.39. The zero-order valence-corrected chi connectivity index (χ0v) is 14.3. The lowest BCUT2D eigenvalue weighted by Gasteiger charge is -2.13. The van der Waals surface area contributed by atoms with Crippen LogP contribution in [0.4, 0.5) is 0 Å². The number of ether oxygens (including phenoxy) is 1. The summed E-state index contributed by atoms with van der Waals surface area (Å²) in [6.07, 6.45) is 0.213. The summed E-state index contributed by atoms with van der Waals surface area (Å²) in [4.78, 5) is 22.6. The molecule has 0 saturated heterocycles. The van der Waals surface area contributed by atoms with Crippen LogP contribution in [0.2, 0.25) is 0 Å². The van der Waals surface area contributed by atoms with Gasteiger partial charge in [-0.3, -0.25) is 4.79 Å². The minimum Gasteiger partial charge on any atom is -0.550 e. The van der Waals surface area contributed by atoms with Gasteiger partial charge in [-0.15, -0.1) is 0 Å². The topological polar surface area (TPSA) is 71.4 Å². The summed E-state index contributed by atoms with van der Waals surface area (Å²) in [6.45, 7) is 2.11. The van der Waals surface area contributed by atoms with Crippen molar-refractivity contribution in [1.29, 1.82) is 0 Å². The third-order valence-corrected chi connectivity index (χ3v) is 3.92. The van der Waals surface area contributed by atoms with Crippen molar-refractivity contribution in [1.82, 2.24) is 4.57 Å². The van der Waals surface area contributed by atoms with E-state index in [0.717, 1.165) is 21.4 Å². The SMILES string of the molecule is CCOC(=O)Cn1c(CCC(=O)[O-])ccc1-c1ccc(Br)cc1. The van der Waals surface area contributed by atoms with Crippen molar-refractivity contribution in [2.24, 2.45) is 0 Å². The maximum Gasteiger partial charge on any atom is 0.325 e. The predicted octanol–water partition coefficient (Wildman–Crippen LogP) is 2.16. The first kappa shape index (κ1) is 17.3. The average Bonchev–Trinajstić information content (AvgIpc) is 2.89. The zero-order chi connectivity index (χ0) is 16.8. The first-order valence-corrected chi connectivity index (χ1v) is 8.10. The number of rotatable bonds is 7. The second-order valence-corrected chi connectivity index (χ2v) is 5.90. The van der Waals surface area contributed by atoms with E-state index in [2.05, 4.69) is 15.9 Å². The molecule has 0 saturated carbocycles. The lowest BCUT2D eigenvalue weighted by molar-refractivity contribution is -0.305. The number of hydrogen-bond acceptors (Lipinski definition) is 4. The molecule has 1 heterocycles. The van der Waals surface area contributed by atoms with E-state index >= 15 is 0 Å². The number of carboxylic acid groups (broad SMARTS) is 1. The largest absolute Gasteiger partial charge is 0.550 e. The van der Waals surface area contributed by atoms with Crippen LogP contribution < -0.4 is 5.11 Å². The lowest BCUT2D eigenvalue weighted by atomic mass is 10.1. The maximum absolute atomic E-state index is 11.9. The highest BCUT2D eigenvalue weighted by atomic mass is 79.9. The molecule has 6 heteroatoms. The minimum atomic E-state index is -1.11. The zero-order valence-electron chi connectivity index (χ0n) is 12.8. The smallest absolute Gasteiger partial charge is 0.325 e. The third kappa shape index (κ3) is 4.69. The van der Waals surface area contributed by atoms with Gasteiger partial charge in [-0.2, -0.15) is 0 Å². The van der Waals surface area contributed by atoms with Gasteiger partial charge in [0.15, 0.2) is 0 Å². The van der Waals surface area contributed by atoms with Gasteiger partial charge < -0.3 is 19.2 Å². The summed E-state index contributed by atoms with van der Waals surface area (Å²) in [7, 11) is 0. The molecule has 0 unspecified atom stereocenters. The van der Waals surface area contributed by atoms with Crippen LogP contribution in [0.15, 0.2) is 40.9 Å². The Labute approximate surface area is 143 Å². The molecule has 0 bridgehead atoms. The van der Waals surface area contributed by atoms with Crippen molar-refractivity contribution in [3.63, 3.8) is 0 Å². The van der Waals surface area contributed by atoms with Crippen LogP contribution in [0.3, 0.4) is 0 Å². The van der Waals surface area contributed by atoms with Crippen molar-refractivity contribution in [3.8, 4) is 11.3 Å². The lowest BCUT2D eigenvalue weighted by Crippen LogP contribution is -2.23. The fourth-order valence-corrected chi connectivity index (χ4v) is 2.62. The van der Waals surface area contributed by atoms with Gasteiger partial charge in [-0.25, -0.2) is 0 Å². The Morgan fingerprint density at radius 1 is 1.17 bits per heavy atom. The molecule has 23 heavy (non-hydrogen) atoms. The summed E-state index contributed by atoms with van der Waals surface area (Å²) in [5.74, 6) is -1.46. The highest BCUT2D eigenvalue weighted by molar-refractivity contribution is 9.10. The van der Waals surface area contributed by atoms with Crippen LogP contribution in [-0.4, -0.2) is 23.1 Å². The fraction of sp³-hybridized carbons (Fsp3) is 0.294. The molecule has 2 rings (SSSR count). The van der Waals surface area contributed by atoms with E-state index in [4.69, 9.17) is 4.74 Å². The fourth-order valence-electron chi connectivity index (χ4n) is 2.35.